The Kier molecular flexibility index (Phi) is 4.48. The van der Waals surface area contributed by atoms with E-state index in [1.807, 2.05) is 24.3 Å². The normalized spacial score (nSPS) is 14.7. The molecule has 0 fully saturated rings. The molecule has 27 heavy (non-hydrogen) atoms. The minimum atomic E-state index is -1.30. The zero-order valence-electron chi connectivity index (χ0n) is 15.1. The Labute approximate surface area is 156 Å². The second-order valence-corrected chi connectivity index (χ2v) is 7.05. The lowest BCUT2D eigenvalue weighted by atomic mass is 9.94. The van der Waals surface area contributed by atoms with Crippen molar-refractivity contribution in [1.82, 2.24) is 10.3 Å². The number of carbonyl (C=O) groups excluding carboxylic acids is 2. The summed E-state index contributed by atoms with van der Waals surface area (Å²) in [5, 5.41) is 15.3. The summed E-state index contributed by atoms with van der Waals surface area (Å²) in [4.78, 5) is 27.6. The topological polar surface area (TPSA) is 98.2 Å². The van der Waals surface area contributed by atoms with Crippen LogP contribution in [0, 0.1) is 6.92 Å². The molecule has 2 N–H and O–H groups in total. The van der Waals surface area contributed by atoms with E-state index >= 15 is 0 Å². The standard InChI is InChI=1S/C21H22N2O4/c1-12-19(15-7-3-5-9-18(15)27-12)20(24)23-17(21(25)26)10-13-11-22-16-8-4-2-6-14(13)16/h2,4,6,8,11,17,22H,3,5,7,9-10H2,1H3,(H,23,24)(H,25,26)/p-1/t17-/m0/s1. The molecule has 0 aliphatic heterocycles. The molecule has 6 heteroatoms. The molecular weight excluding hydrogens is 344 g/mol. The van der Waals surface area contributed by atoms with Gasteiger partial charge in [0.05, 0.1) is 17.6 Å². The van der Waals surface area contributed by atoms with Crippen LogP contribution in [0.2, 0.25) is 0 Å². The molecule has 1 amide bonds. The van der Waals surface area contributed by atoms with E-state index < -0.39 is 17.9 Å². The van der Waals surface area contributed by atoms with E-state index in [-0.39, 0.29) is 6.42 Å². The first-order chi connectivity index (χ1) is 13.0. The third kappa shape index (κ3) is 3.23. The number of aromatic amines is 1. The number of benzene rings is 1. The predicted molar refractivity (Wildman–Crippen MR) is 98.4 cm³/mol. The van der Waals surface area contributed by atoms with Gasteiger partial charge in [0.1, 0.15) is 11.5 Å². The number of aryl methyl sites for hydroxylation is 2. The Hall–Kier alpha value is -3.02. The van der Waals surface area contributed by atoms with Crippen molar-refractivity contribution in [2.45, 2.75) is 45.1 Å². The van der Waals surface area contributed by atoms with Gasteiger partial charge in [0.2, 0.25) is 0 Å². The minimum absolute atomic E-state index is 0.150. The fourth-order valence-electron chi connectivity index (χ4n) is 3.94. The highest BCUT2D eigenvalue weighted by atomic mass is 16.4. The van der Waals surface area contributed by atoms with Crippen molar-refractivity contribution in [2.24, 2.45) is 0 Å². The highest BCUT2D eigenvalue weighted by Gasteiger charge is 2.27. The van der Waals surface area contributed by atoms with Crippen LogP contribution in [0.25, 0.3) is 10.9 Å². The quantitative estimate of drug-likeness (QED) is 0.723. The SMILES string of the molecule is Cc1oc2c(c1C(=O)N[C@@H](Cc1c[nH]c3ccccc13)C(=O)[O-])CCCC2. The molecule has 140 valence electrons. The Balaban J connectivity index is 1.58. The summed E-state index contributed by atoms with van der Waals surface area (Å²) in [5.74, 6) is -0.314. The van der Waals surface area contributed by atoms with Crippen LogP contribution in [0.3, 0.4) is 0 Å². The second-order valence-electron chi connectivity index (χ2n) is 7.05. The Morgan fingerprint density at radius 2 is 2.04 bits per heavy atom. The Morgan fingerprint density at radius 3 is 2.85 bits per heavy atom. The lowest BCUT2D eigenvalue weighted by molar-refractivity contribution is -0.308. The first-order valence-electron chi connectivity index (χ1n) is 9.22. The maximum absolute atomic E-state index is 12.8. The smallest absolute Gasteiger partial charge is 0.255 e. The first kappa shape index (κ1) is 17.4. The summed E-state index contributed by atoms with van der Waals surface area (Å²) >= 11 is 0. The third-order valence-corrected chi connectivity index (χ3v) is 5.26. The molecule has 4 rings (SSSR count). The molecule has 2 aromatic heterocycles. The number of carboxylic acids is 1. The van der Waals surface area contributed by atoms with Gasteiger partial charge in [-0.25, -0.2) is 0 Å². The lowest BCUT2D eigenvalue weighted by Crippen LogP contribution is -2.49. The van der Waals surface area contributed by atoms with Gasteiger partial charge in [-0.1, -0.05) is 18.2 Å². The number of carboxylic acid groups (broad SMARTS) is 1. The second kappa shape index (κ2) is 6.95. The Bertz CT molecular complexity index is 1010. The number of carbonyl (C=O) groups is 2. The van der Waals surface area contributed by atoms with Crippen molar-refractivity contribution >= 4 is 22.8 Å². The maximum atomic E-state index is 12.8. The average Bonchev–Trinajstić information content (AvgIpc) is 3.21. The molecule has 0 saturated carbocycles. The average molecular weight is 365 g/mol. The fourth-order valence-corrected chi connectivity index (χ4v) is 3.94. The molecule has 0 bridgehead atoms. The van der Waals surface area contributed by atoms with E-state index in [1.54, 1.807) is 13.1 Å². The van der Waals surface area contributed by atoms with Gasteiger partial charge in [0.25, 0.3) is 5.91 Å². The highest BCUT2D eigenvalue weighted by Crippen LogP contribution is 2.29. The van der Waals surface area contributed by atoms with E-state index in [4.69, 9.17) is 4.42 Å². The molecule has 2 heterocycles. The maximum Gasteiger partial charge on any atom is 0.255 e. The van der Waals surface area contributed by atoms with Gasteiger partial charge < -0.3 is 24.6 Å². The number of nitrogens with one attached hydrogen (secondary N) is 2. The summed E-state index contributed by atoms with van der Waals surface area (Å²) in [7, 11) is 0. The van der Waals surface area contributed by atoms with Gasteiger partial charge in [-0.15, -0.1) is 0 Å². The molecule has 0 unspecified atom stereocenters. The fraction of sp³-hybridized carbons (Fsp3) is 0.333. The third-order valence-electron chi connectivity index (χ3n) is 5.26. The first-order valence-corrected chi connectivity index (χ1v) is 9.22. The predicted octanol–water partition coefficient (Wildman–Crippen LogP) is 2.04. The number of hydrogen-bond acceptors (Lipinski definition) is 4. The van der Waals surface area contributed by atoms with Crippen molar-refractivity contribution < 1.29 is 19.1 Å². The van der Waals surface area contributed by atoms with Gasteiger partial charge in [-0.2, -0.15) is 0 Å². The molecule has 1 aromatic carbocycles. The van der Waals surface area contributed by atoms with Crippen LogP contribution in [-0.4, -0.2) is 22.9 Å². The van der Waals surface area contributed by atoms with Crippen LogP contribution in [0.15, 0.2) is 34.9 Å². The van der Waals surface area contributed by atoms with Crippen molar-refractivity contribution in [2.75, 3.05) is 0 Å². The van der Waals surface area contributed by atoms with Crippen molar-refractivity contribution in [3.05, 3.63) is 58.7 Å². The number of aliphatic carboxylic acids is 1. The van der Waals surface area contributed by atoms with Crippen molar-refractivity contribution in [3.63, 3.8) is 0 Å². The summed E-state index contributed by atoms with van der Waals surface area (Å²) in [6.07, 6.45) is 5.58. The molecule has 6 nitrogen and oxygen atoms in total. The molecule has 1 aliphatic carbocycles. The molecule has 0 radical (unpaired) electrons. The number of aromatic nitrogens is 1. The lowest BCUT2D eigenvalue weighted by Gasteiger charge is -2.20. The number of furan rings is 1. The van der Waals surface area contributed by atoms with Gasteiger partial charge in [-0.05, 0) is 37.8 Å². The van der Waals surface area contributed by atoms with Crippen LogP contribution in [0.1, 0.15) is 45.8 Å². The van der Waals surface area contributed by atoms with Crippen LogP contribution < -0.4 is 10.4 Å². The number of rotatable bonds is 5. The van der Waals surface area contributed by atoms with E-state index in [2.05, 4.69) is 10.3 Å². The van der Waals surface area contributed by atoms with E-state index in [0.717, 1.165) is 53.5 Å². The summed E-state index contributed by atoms with van der Waals surface area (Å²) in [6, 6.07) is 6.53. The van der Waals surface area contributed by atoms with E-state index in [1.165, 1.54) is 0 Å². The molecule has 1 atom stereocenters. The zero-order chi connectivity index (χ0) is 19.0. The molecular formula is C21H21N2O4-. The van der Waals surface area contributed by atoms with E-state index in [9.17, 15) is 14.7 Å². The number of amides is 1. The van der Waals surface area contributed by atoms with Crippen LogP contribution >= 0.6 is 0 Å². The zero-order valence-corrected chi connectivity index (χ0v) is 15.1. The number of fused-ring (bicyclic) bond motifs is 2. The number of H-pyrrole nitrogens is 1. The van der Waals surface area contributed by atoms with Crippen LogP contribution in [-0.2, 0) is 24.1 Å². The molecule has 0 saturated heterocycles. The number of para-hydroxylation sites is 1. The van der Waals surface area contributed by atoms with Gasteiger partial charge >= 0.3 is 0 Å². The monoisotopic (exact) mass is 365 g/mol. The Morgan fingerprint density at radius 1 is 1.26 bits per heavy atom. The van der Waals surface area contributed by atoms with Crippen molar-refractivity contribution in [1.29, 1.82) is 0 Å². The number of hydrogen-bond donors (Lipinski definition) is 2. The highest BCUT2D eigenvalue weighted by molar-refractivity contribution is 5.99. The minimum Gasteiger partial charge on any atom is -0.548 e. The van der Waals surface area contributed by atoms with E-state index in [0.29, 0.717) is 11.3 Å². The van der Waals surface area contributed by atoms with Gasteiger partial charge in [0, 0.05) is 35.5 Å². The van der Waals surface area contributed by atoms with Gasteiger partial charge in [0.15, 0.2) is 0 Å². The molecule has 3 aromatic rings. The molecule has 1 aliphatic rings. The van der Waals surface area contributed by atoms with Gasteiger partial charge in [-0.3, -0.25) is 4.79 Å². The van der Waals surface area contributed by atoms with Crippen LogP contribution in [0.5, 0.6) is 0 Å². The largest absolute Gasteiger partial charge is 0.548 e. The van der Waals surface area contributed by atoms with Crippen LogP contribution in [0.4, 0.5) is 0 Å². The summed E-state index contributed by atoms with van der Waals surface area (Å²) in [6.45, 7) is 1.75. The summed E-state index contributed by atoms with van der Waals surface area (Å²) in [5.41, 5.74) is 3.15. The van der Waals surface area contributed by atoms with Crippen molar-refractivity contribution in [3.8, 4) is 0 Å². The summed E-state index contributed by atoms with van der Waals surface area (Å²) < 4.78 is 5.73. The molecule has 0 spiro atoms.